The summed E-state index contributed by atoms with van der Waals surface area (Å²) in [5, 5.41) is 0.984. The molecule has 3 aromatic rings. The molecule has 0 bridgehead atoms. The maximum atomic E-state index is 13.2. The van der Waals surface area contributed by atoms with Crippen molar-refractivity contribution in [3.63, 3.8) is 0 Å². The van der Waals surface area contributed by atoms with Crippen molar-refractivity contribution in [3.05, 3.63) is 71.9 Å². The van der Waals surface area contributed by atoms with E-state index in [1.807, 2.05) is 60.8 Å². The molecule has 32 heavy (non-hydrogen) atoms. The largest absolute Gasteiger partial charge is 0.497 e. The number of aromatic nitrogens is 1. The molecule has 0 radical (unpaired) electrons. The highest BCUT2D eigenvalue weighted by Crippen LogP contribution is 2.72. The number of hydrogen-bond acceptors (Lipinski definition) is 5. The Hall–Kier alpha value is -2.92. The van der Waals surface area contributed by atoms with Crippen molar-refractivity contribution in [2.75, 3.05) is 13.7 Å². The predicted octanol–water partition coefficient (Wildman–Crippen LogP) is 5.01. The second-order valence-electron chi connectivity index (χ2n) is 9.34. The number of rotatable bonds is 6. The maximum Gasteiger partial charge on any atom is 0.338 e. The topological polar surface area (TPSA) is 51.7 Å². The van der Waals surface area contributed by atoms with Gasteiger partial charge in [0.25, 0.3) is 0 Å². The van der Waals surface area contributed by atoms with Gasteiger partial charge in [-0.2, -0.15) is 0 Å². The van der Waals surface area contributed by atoms with E-state index in [1.165, 1.54) is 12.8 Å². The van der Waals surface area contributed by atoms with Gasteiger partial charge in [-0.25, -0.2) is 4.79 Å². The molecule has 3 heterocycles. The summed E-state index contributed by atoms with van der Waals surface area (Å²) in [7, 11) is 1.67. The summed E-state index contributed by atoms with van der Waals surface area (Å²) in [6, 6.07) is 17.4. The van der Waals surface area contributed by atoms with Crippen LogP contribution in [0.3, 0.4) is 0 Å². The lowest BCUT2D eigenvalue weighted by Gasteiger charge is -2.51. The number of carbonyl (C=O) groups is 1. The Kier molecular flexibility index (Phi) is 4.51. The van der Waals surface area contributed by atoms with Gasteiger partial charge in [-0.15, -0.1) is 0 Å². The molecule has 1 spiro atoms. The first kappa shape index (κ1) is 19.7. The number of hydrogen-bond donors (Lipinski definition) is 0. The Balaban J connectivity index is 1.40. The third kappa shape index (κ3) is 2.73. The molecule has 1 aromatic heterocycles. The predicted molar refractivity (Wildman–Crippen MR) is 123 cm³/mol. The zero-order valence-electron chi connectivity index (χ0n) is 18.5. The van der Waals surface area contributed by atoms with Crippen LogP contribution in [0.25, 0.3) is 10.9 Å². The highest BCUT2D eigenvalue weighted by Gasteiger charge is 2.77. The number of carbonyl (C=O) groups excluding carboxylic acids is 1. The lowest BCUT2D eigenvalue weighted by Crippen LogP contribution is -2.60. The molecule has 3 aliphatic rings. The van der Waals surface area contributed by atoms with Crippen LogP contribution in [0.15, 0.2) is 60.8 Å². The Morgan fingerprint density at radius 2 is 2.06 bits per heavy atom. The molecule has 2 aliphatic heterocycles. The summed E-state index contributed by atoms with van der Waals surface area (Å²) in [6.07, 6.45) is 5.07. The van der Waals surface area contributed by atoms with Gasteiger partial charge < -0.3 is 9.47 Å². The number of nitrogens with zero attached hydrogens (tertiary/aromatic N) is 2. The van der Waals surface area contributed by atoms with Crippen LogP contribution in [0.1, 0.15) is 48.2 Å². The van der Waals surface area contributed by atoms with Gasteiger partial charge in [0, 0.05) is 22.7 Å². The van der Waals surface area contributed by atoms with Crippen molar-refractivity contribution in [2.24, 2.45) is 11.8 Å². The molecule has 1 aliphatic carbocycles. The Labute approximate surface area is 188 Å². The quantitative estimate of drug-likeness (QED) is 0.517. The van der Waals surface area contributed by atoms with Gasteiger partial charge in [-0.1, -0.05) is 31.5 Å². The van der Waals surface area contributed by atoms with Crippen LogP contribution >= 0.6 is 0 Å². The third-order valence-corrected chi connectivity index (χ3v) is 8.13. The molecule has 1 saturated carbocycles. The summed E-state index contributed by atoms with van der Waals surface area (Å²) in [4.78, 5) is 20.3. The van der Waals surface area contributed by atoms with Crippen LogP contribution in [0, 0.1) is 11.8 Å². The molecular formula is C27H28N2O3. The zero-order chi connectivity index (χ0) is 21.9. The van der Waals surface area contributed by atoms with Crippen molar-refractivity contribution in [3.8, 4) is 5.75 Å². The van der Waals surface area contributed by atoms with E-state index in [0.29, 0.717) is 11.1 Å². The van der Waals surface area contributed by atoms with E-state index >= 15 is 0 Å². The van der Waals surface area contributed by atoms with Crippen molar-refractivity contribution in [2.45, 2.75) is 43.9 Å². The van der Waals surface area contributed by atoms with Gasteiger partial charge in [0.2, 0.25) is 0 Å². The van der Waals surface area contributed by atoms with E-state index < -0.39 is 0 Å². The minimum atomic E-state index is -0.345. The molecule has 2 aromatic carbocycles. The molecule has 3 fully saturated rings. The number of methoxy groups -OCH3 is 1. The summed E-state index contributed by atoms with van der Waals surface area (Å²) in [5.74, 6) is 2.12. The zero-order valence-corrected chi connectivity index (χ0v) is 18.5. The monoisotopic (exact) mass is 428 g/mol. The van der Waals surface area contributed by atoms with Gasteiger partial charge >= 0.3 is 5.97 Å². The molecule has 6 rings (SSSR count). The molecule has 3 unspecified atom stereocenters. The number of esters is 1. The fraction of sp³-hybridized carbons (Fsp3) is 0.407. The standard InChI is InChI=1S/C27H28N2O3/c1-3-21-22-12-14-29-24(16-27(21,22)29)25(32-26(30)17-7-5-4-6-8-17)19-11-13-28-23-10-9-18(31-2)15-20(19)23/h4-11,13,15,21-22,24-25H,3,12,14,16H2,1-2H3/t21?,22?,24-,25+,27?/m1/s1. The van der Waals surface area contributed by atoms with Crippen LogP contribution in [-0.2, 0) is 4.74 Å². The summed E-state index contributed by atoms with van der Waals surface area (Å²) >= 11 is 0. The molecular weight excluding hydrogens is 400 g/mol. The van der Waals surface area contributed by atoms with E-state index in [1.54, 1.807) is 7.11 Å². The molecule has 5 nitrogen and oxygen atoms in total. The van der Waals surface area contributed by atoms with E-state index in [2.05, 4.69) is 16.8 Å². The van der Waals surface area contributed by atoms with Crippen LogP contribution in [0.4, 0.5) is 0 Å². The van der Waals surface area contributed by atoms with E-state index in [4.69, 9.17) is 9.47 Å². The highest BCUT2D eigenvalue weighted by atomic mass is 16.5. The smallest absolute Gasteiger partial charge is 0.338 e. The number of ether oxygens (including phenoxy) is 2. The van der Waals surface area contributed by atoms with Crippen molar-refractivity contribution in [1.82, 2.24) is 9.88 Å². The third-order valence-electron chi connectivity index (χ3n) is 8.13. The van der Waals surface area contributed by atoms with Gasteiger partial charge in [0.15, 0.2) is 0 Å². The molecule has 164 valence electrons. The minimum Gasteiger partial charge on any atom is -0.497 e. The van der Waals surface area contributed by atoms with Crippen molar-refractivity contribution >= 4 is 16.9 Å². The van der Waals surface area contributed by atoms with Crippen molar-refractivity contribution < 1.29 is 14.3 Å². The molecule has 5 heteroatoms. The minimum absolute atomic E-state index is 0.195. The number of pyridine rings is 1. The second kappa shape index (κ2) is 7.31. The lowest BCUT2D eigenvalue weighted by molar-refractivity contribution is -0.0783. The Morgan fingerprint density at radius 1 is 1.22 bits per heavy atom. The Morgan fingerprint density at radius 3 is 2.81 bits per heavy atom. The van der Waals surface area contributed by atoms with Crippen LogP contribution in [0.2, 0.25) is 0 Å². The van der Waals surface area contributed by atoms with Gasteiger partial charge in [0.1, 0.15) is 11.9 Å². The molecule has 5 atom stereocenters. The SMILES string of the molecule is CCC1C2CCN3[C@@H]([C@@H](OC(=O)c4ccccc4)c4ccnc5ccc(OC)cc45)CC123. The fourth-order valence-electron chi connectivity index (χ4n) is 6.72. The van der Waals surface area contributed by atoms with Crippen LogP contribution in [0.5, 0.6) is 5.75 Å². The summed E-state index contributed by atoms with van der Waals surface area (Å²) < 4.78 is 11.8. The van der Waals surface area contributed by atoms with Gasteiger partial charge in [-0.05, 0) is 67.6 Å². The Bertz CT molecular complexity index is 1170. The van der Waals surface area contributed by atoms with Crippen LogP contribution in [-0.4, -0.2) is 41.1 Å². The first-order valence-corrected chi connectivity index (χ1v) is 11.6. The average molecular weight is 429 g/mol. The van der Waals surface area contributed by atoms with Crippen molar-refractivity contribution in [1.29, 1.82) is 0 Å². The second-order valence-corrected chi connectivity index (χ2v) is 9.34. The highest BCUT2D eigenvalue weighted by molar-refractivity contribution is 5.90. The number of fused-ring (bicyclic) bond motifs is 1. The first-order chi connectivity index (χ1) is 15.7. The summed E-state index contributed by atoms with van der Waals surface area (Å²) in [6.45, 7) is 3.40. The van der Waals surface area contributed by atoms with Gasteiger partial charge in [0.05, 0.1) is 24.2 Å². The lowest BCUT2D eigenvalue weighted by atomic mass is 9.82. The number of benzene rings is 2. The van der Waals surface area contributed by atoms with E-state index in [9.17, 15) is 4.79 Å². The van der Waals surface area contributed by atoms with Crippen LogP contribution < -0.4 is 4.74 Å². The summed E-state index contributed by atoms with van der Waals surface area (Å²) in [5.41, 5.74) is 2.84. The van der Waals surface area contributed by atoms with E-state index in [0.717, 1.165) is 47.0 Å². The normalized spacial score (nSPS) is 29.0. The number of piperidine rings is 1. The molecule has 0 N–H and O–H groups in total. The average Bonchev–Trinajstić information content (AvgIpc) is 3.40. The molecule has 2 saturated heterocycles. The first-order valence-electron chi connectivity index (χ1n) is 11.6. The molecule has 0 amide bonds. The fourth-order valence-corrected chi connectivity index (χ4v) is 6.72. The van der Waals surface area contributed by atoms with Gasteiger partial charge in [-0.3, -0.25) is 9.88 Å². The maximum absolute atomic E-state index is 13.2. The van der Waals surface area contributed by atoms with E-state index in [-0.39, 0.29) is 18.1 Å².